The van der Waals surface area contributed by atoms with Crippen molar-refractivity contribution in [3.63, 3.8) is 0 Å². The normalized spacial score (nSPS) is 13.7. The Balaban J connectivity index is 5.73. The molecule has 0 rings (SSSR count). The molecular weight excluding hydrogens is 713 g/mol. The Labute approximate surface area is 340 Å². The van der Waals surface area contributed by atoms with Crippen LogP contribution in [0.5, 0.6) is 0 Å². The van der Waals surface area contributed by atoms with Crippen LogP contribution in [-0.4, -0.2) is 92.4 Å². The zero-order chi connectivity index (χ0) is 41.6. The minimum absolute atomic E-state index is 0.191. The highest BCUT2D eigenvalue weighted by Crippen LogP contribution is 2.23. The standard InChI is InChI=1S/C45H90N2O7S/c1-10-12-14-16-18-20-22-24-26-28-32-40(53-42(48)44(3,4)5)38-47(36-30-34-46(9)35-31-37-55(50,51)52)39-41(54-43(49)45(6,7)8)33-29-27-25-23-21-19-17-15-13-11-2/h40-41H,10-39H2,1-9H3,(H,50,51,52). The molecule has 0 saturated carbocycles. The molecule has 55 heavy (non-hydrogen) atoms. The molecule has 0 aliphatic rings. The lowest BCUT2D eigenvalue weighted by molar-refractivity contribution is -0.161. The van der Waals surface area contributed by atoms with Gasteiger partial charge in [0.2, 0.25) is 0 Å². The molecule has 0 aromatic carbocycles. The van der Waals surface area contributed by atoms with Crippen LogP contribution in [0, 0.1) is 10.8 Å². The van der Waals surface area contributed by atoms with E-state index < -0.39 is 20.9 Å². The topological polar surface area (TPSA) is 113 Å². The predicted molar refractivity (Wildman–Crippen MR) is 231 cm³/mol. The summed E-state index contributed by atoms with van der Waals surface area (Å²) in [5.74, 6) is -0.628. The van der Waals surface area contributed by atoms with Gasteiger partial charge in [0.15, 0.2) is 0 Å². The number of esters is 2. The van der Waals surface area contributed by atoms with Gasteiger partial charge < -0.3 is 14.4 Å². The quantitative estimate of drug-likeness (QED) is 0.0376. The Morgan fingerprint density at radius 3 is 1.18 bits per heavy atom. The van der Waals surface area contributed by atoms with Crippen molar-refractivity contribution in [2.75, 3.05) is 45.5 Å². The second kappa shape index (κ2) is 31.7. The first-order chi connectivity index (χ1) is 25.9. The highest BCUT2D eigenvalue weighted by molar-refractivity contribution is 7.85. The van der Waals surface area contributed by atoms with Crippen molar-refractivity contribution in [3.8, 4) is 0 Å². The maximum Gasteiger partial charge on any atom is 0.311 e. The molecule has 0 aliphatic heterocycles. The molecular formula is C45H90N2O7S. The number of hydrogen-bond acceptors (Lipinski definition) is 8. The molecule has 328 valence electrons. The van der Waals surface area contributed by atoms with Crippen molar-refractivity contribution in [2.45, 2.75) is 222 Å². The van der Waals surface area contributed by atoms with Crippen LogP contribution in [0.2, 0.25) is 0 Å². The highest BCUT2D eigenvalue weighted by Gasteiger charge is 2.30. The van der Waals surface area contributed by atoms with Gasteiger partial charge in [0, 0.05) is 13.1 Å². The Hall–Kier alpha value is -1.23. The van der Waals surface area contributed by atoms with Crippen LogP contribution in [-0.2, 0) is 29.2 Å². The number of carbonyl (C=O) groups excluding carboxylic acids is 2. The summed E-state index contributed by atoms with van der Waals surface area (Å²) in [6, 6.07) is 0. The van der Waals surface area contributed by atoms with Gasteiger partial charge in [-0.25, -0.2) is 0 Å². The molecule has 1 N–H and O–H groups in total. The van der Waals surface area contributed by atoms with Crippen molar-refractivity contribution in [2.24, 2.45) is 10.8 Å². The van der Waals surface area contributed by atoms with Crippen LogP contribution in [0.3, 0.4) is 0 Å². The van der Waals surface area contributed by atoms with Gasteiger partial charge in [-0.3, -0.25) is 19.0 Å². The fourth-order valence-electron chi connectivity index (χ4n) is 6.78. The number of nitrogens with zero attached hydrogens (tertiary/aromatic N) is 2. The fourth-order valence-corrected chi connectivity index (χ4v) is 7.27. The Morgan fingerprint density at radius 1 is 0.527 bits per heavy atom. The highest BCUT2D eigenvalue weighted by atomic mass is 32.2. The van der Waals surface area contributed by atoms with E-state index in [0.717, 1.165) is 58.0 Å². The summed E-state index contributed by atoms with van der Waals surface area (Å²) < 4.78 is 44.1. The second-order valence-corrected chi connectivity index (χ2v) is 20.1. The summed E-state index contributed by atoms with van der Waals surface area (Å²) >= 11 is 0. The van der Waals surface area contributed by atoms with Gasteiger partial charge in [-0.05, 0) is 107 Å². The van der Waals surface area contributed by atoms with Crippen LogP contribution < -0.4 is 0 Å². The third kappa shape index (κ3) is 33.4. The van der Waals surface area contributed by atoms with E-state index in [0.29, 0.717) is 26.1 Å². The number of unbranched alkanes of at least 4 members (excludes halogenated alkanes) is 18. The number of carbonyl (C=O) groups is 2. The van der Waals surface area contributed by atoms with Gasteiger partial charge in [0.1, 0.15) is 12.2 Å². The van der Waals surface area contributed by atoms with Gasteiger partial charge >= 0.3 is 11.9 Å². The minimum atomic E-state index is -3.98. The molecule has 9 nitrogen and oxygen atoms in total. The largest absolute Gasteiger partial charge is 0.461 e. The van der Waals surface area contributed by atoms with Crippen LogP contribution in [0.1, 0.15) is 209 Å². The monoisotopic (exact) mass is 803 g/mol. The van der Waals surface area contributed by atoms with Gasteiger partial charge in [-0.1, -0.05) is 129 Å². The Morgan fingerprint density at radius 2 is 0.855 bits per heavy atom. The van der Waals surface area contributed by atoms with Gasteiger partial charge in [-0.2, -0.15) is 8.42 Å². The second-order valence-electron chi connectivity index (χ2n) is 18.6. The van der Waals surface area contributed by atoms with Crippen LogP contribution >= 0.6 is 0 Å². The molecule has 0 amide bonds. The maximum absolute atomic E-state index is 13.2. The van der Waals surface area contributed by atoms with Gasteiger partial charge in [0.25, 0.3) is 10.1 Å². The Bertz CT molecular complexity index is 996. The lowest BCUT2D eigenvalue weighted by Gasteiger charge is -2.33. The third-order valence-corrected chi connectivity index (χ3v) is 11.2. The molecule has 0 aliphatic carbocycles. The number of rotatable bonds is 36. The molecule has 0 aromatic heterocycles. The summed E-state index contributed by atoms with van der Waals surface area (Å²) in [5.41, 5.74) is -1.21. The van der Waals surface area contributed by atoms with Crippen LogP contribution in [0.25, 0.3) is 0 Å². The van der Waals surface area contributed by atoms with Crippen molar-refractivity contribution < 1.29 is 32.0 Å². The maximum atomic E-state index is 13.2. The molecule has 2 unspecified atom stereocenters. The summed E-state index contributed by atoms with van der Waals surface area (Å²) in [4.78, 5) is 30.9. The summed E-state index contributed by atoms with van der Waals surface area (Å²) in [6.45, 7) is 19.1. The van der Waals surface area contributed by atoms with E-state index >= 15 is 0 Å². The first kappa shape index (κ1) is 53.8. The molecule has 10 heteroatoms. The van der Waals surface area contributed by atoms with E-state index in [-0.39, 0.29) is 29.9 Å². The molecule has 0 saturated heterocycles. The minimum Gasteiger partial charge on any atom is -0.461 e. The van der Waals surface area contributed by atoms with Crippen LogP contribution in [0.4, 0.5) is 0 Å². The first-order valence-corrected chi connectivity index (χ1v) is 24.3. The van der Waals surface area contributed by atoms with E-state index in [1.165, 1.54) is 103 Å². The molecule has 0 radical (unpaired) electrons. The molecule has 0 spiro atoms. The Kier molecular flexibility index (Phi) is 31.0. The molecule has 0 bridgehead atoms. The first-order valence-electron chi connectivity index (χ1n) is 22.7. The van der Waals surface area contributed by atoms with Crippen molar-refractivity contribution in [1.82, 2.24) is 9.80 Å². The number of hydrogen-bond donors (Lipinski definition) is 1. The van der Waals surface area contributed by atoms with Crippen molar-refractivity contribution >= 4 is 22.1 Å². The zero-order valence-electron chi connectivity index (χ0n) is 37.6. The predicted octanol–water partition coefficient (Wildman–Crippen LogP) is 11.4. The summed E-state index contributed by atoms with van der Waals surface area (Å²) in [7, 11) is -2.01. The van der Waals surface area contributed by atoms with Crippen molar-refractivity contribution in [1.29, 1.82) is 0 Å². The van der Waals surface area contributed by atoms with E-state index in [1.807, 2.05) is 48.6 Å². The summed E-state index contributed by atoms with van der Waals surface area (Å²) in [6.07, 6.45) is 27.2. The third-order valence-electron chi connectivity index (χ3n) is 10.4. The van der Waals surface area contributed by atoms with E-state index in [1.54, 1.807) is 0 Å². The average Bonchev–Trinajstić information content (AvgIpc) is 3.08. The average molecular weight is 803 g/mol. The molecule has 0 fully saturated rings. The SMILES string of the molecule is CCCCCCCCCCCCC(CN(CCCN(C)CCCS(=O)(=O)O)CC(CCCCCCCCCCCC)OC(=O)C(C)(C)C)OC(=O)C(C)(C)C. The lowest BCUT2D eigenvalue weighted by Crippen LogP contribution is -2.43. The smallest absolute Gasteiger partial charge is 0.311 e. The molecule has 0 aromatic rings. The van der Waals surface area contributed by atoms with E-state index in [4.69, 9.17) is 14.0 Å². The van der Waals surface area contributed by atoms with E-state index in [9.17, 15) is 18.0 Å². The summed E-state index contributed by atoms with van der Waals surface area (Å²) in [5, 5.41) is 0. The zero-order valence-corrected chi connectivity index (χ0v) is 38.4. The van der Waals surface area contributed by atoms with E-state index in [2.05, 4.69) is 23.6 Å². The number of ether oxygens (including phenoxy) is 2. The fraction of sp³-hybridized carbons (Fsp3) is 0.956. The lowest BCUT2D eigenvalue weighted by atomic mass is 9.97. The van der Waals surface area contributed by atoms with Gasteiger partial charge in [-0.15, -0.1) is 0 Å². The molecule has 2 atom stereocenters. The van der Waals surface area contributed by atoms with Gasteiger partial charge in [0.05, 0.1) is 16.6 Å². The van der Waals surface area contributed by atoms with Crippen LogP contribution in [0.15, 0.2) is 0 Å². The molecule has 0 heterocycles. The van der Waals surface area contributed by atoms with Crippen molar-refractivity contribution in [3.05, 3.63) is 0 Å².